The van der Waals surface area contributed by atoms with Crippen LogP contribution in [0.5, 0.6) is 0 Å². The van der Waals surface area contributed by atoms with E-state index in [1.54, 1.807) is 7.11 Å². The summed E-state index contributed by atoms with van der Waals surface area (Å²) in [5.74, 6) is 0.140. The molecule has 4 nitrogen and oxygen atoms in total. The monoisotopic (exact) mass is 262 g/mol. The van der Waals surface area contributed by atoms with Crippen LogP contribution in [0.2, 0.25) is 0 Å². The predicted octanol–water partition coefficient (Wildman–Crippen LogP) is 1.31. The average Bonchev–Trinajstić information content (AvgIpc) is 2.43. The third-order valence-electron chi connectivity index (χ3n) is 3.49. The number of hydrogen-bond acceptors (Lipinski definition) is 3. The van der Waals surface area contributed by atoms with Crippen LogP contribution in [0.15, 0.2) is 24.3 Å². The van der Waals surface area contributed by atoms with Crippen molar-refractivity contribution >= 4 is 5.91 Å². The van der Waals surface area contributed by atoms with Crippen molar-refractivity contribution in [1.29, 1.82) is 0 Å². The first kappa shape index (κ1) is 14.0. The molecule has 0 fully saturated rings. The minimum atomic E-state index is 0.140. The maximum Gasteiger partial charge on any atom is 0.254 e. The van der Waals surface area contributed by atoms with Gasteiger partial charge >= 0.3 is 0 Å². The first-order valence-corrected chi connectivity index (χ1v) is 6.85. The third-order valence-corrected chi connectivity index (χ3v) is 3.49. The molecular formula is C15H22N2O2. The van der Waals surface area contributed by atoms with Crippen molar-refractivity contribution in [2.75, 3.05) is 33.4 Å². The number of carbonyl (C=O) groups excluding carboxylic acids is 1. The molecule has 0 radical (unpaired) electrons. The zero-order valence-electron chi connectivity index (χ0n) is 11.7. The van der Waals surface area contributed by atoms with E-state index in [2.05, 4.69) is 12.2 Å². The molecule has 1 aromatic carbocycles. The molecule has 0 bridgehead atoms. The highest BCUT2D eigenvalue weighted by atomic mass is 16.5. The number of carbonyl (C=O) groups is 1. The predicted molar refractivity (Wildman–Crippen MR) is 75.4 cm³/mol. The summed E-state index contributed by atoms with van der Waals surface area (Å²) in [5.41, 5.74) is 2.01. The number of likely N-dealkylation sites (N-methyl/N-ethyl adjacent to an activating group) is 1. The van der Waals surface area contributed by atoms with Gasteiger partial charge in [0.25, 0.3) is 5.91 Å². The first-order valence-electron chi connectivity index (χ1n) is 6.85. The van der Waals surface area contributed by atoms with Gasteiger partial charge in [0.2, 0.25) is 0 Å². The molecule has 1 heterocycles. The number of fused-ring (bicyclic) bond motifs is 1. The molecule has 0 saturated heterocycles. The van der Waals surface area contributed by atoms with Crippen molar-refractivity contribution in [2.45, 2.75) is 19.4 Å². The van der Waals surface area contributed by atoms with Gasteiger partial charge < -0.3 is 15.0 Å². The van der Waals surface area contributed by atoms with E-state index in [1.165, 1.54) is 0 Å². The lowest BCUT2D eigenvalue weighted by atomic mass is 9.99. The summed E-state index contributed by atoms with van der Waals surface area (Å²) in [6.45, 7) is 5.07. The van der Waals surface area contributed by atoms with Gasteiger partial charge in [-0.15, -0.1) is 0 Å². The van der Waals surface area contributed by atoms with Crippen LogP contribution in [0.4, 0.5) is 0 Å². The summed E-state index contributed by atoms with van der Waals surface area (Å²) in [6, 6.07) is 8.08. The molecule has 4 heteroatoms. The third kappa shape index (κ3) is 3.33. The second-order valence-electron chi connectivity index (χ2n) is 4.87. The molecule has 1 aromatic rings. The summed E-state index contributed by atoms with van der Waals surface area (Å²) in [7, 11) is 1.69. The molecular weight excluding hydrogens is 240 g/mol. The van der Waals surface area contributed by atoms with Crippen LogP contribution in [0.25, 0.3) is 0 Å². The summed E-state index contributed by atoms with van der Waals surface area (Å²) in [4.78, 5) is 14.3. The molecule has 1 atom stereocenters. The number of nitrogens with zero attached hydrogens (tertiary/aromatic N) is 1. The molecule has 104 valence electrons. The van der Waals surface area contributed by atoms with Crippen LogP contribution in [0, 0.1) is 0 Å². The van der Waals surface area contributed by atoms with Crippen LogP contribution in [0.3, 0.4) is 0 Å². The summed E-state index contributed by atoms with van der Waals surface area (Å²) in [5, 5.41) is 3.36. The largest absolute Gasteiger partial charge is 0.383 e. The number of rotatable bonds is 6. The number of nitrogens with one attached hydrogen (secondary N) is 1. The van der Waals surface area contributed by atoms with E-state index in [0.29, 0.717) is 13.2 Å². The number of amides is 1. The van der Waals surface area contributed by atoms with Crippen molar-refractivity contribution in [3.8, 4) is 0 Å². The summed E-state index contributed by atoms with van der Waals surface area (Å²) < 4.78 is 5.20. The molecule has 1 aliphatic heterocycles. The molecule has 0 aliphatic carbocycles. The van der Waals surface area contributed by atoms with Crippen LogP contribution in [-0.2, 0) is 11.2 Å². The molecule has 1 unspecified atom stereocenters. The van der Waals surface area contributed by atoms with Gasteiger partial charge in [-0.25, -0.2) is 0 Å². The Morgan fingerprint density at radius 1 is 1.42 bits per heavy atom. The van der Waals surface area contributed by atoms with E-state index in [9.17, 15) is 4.79 Å². The second kappa shape index (κ2) is 6.68. The Labute approximate surface area is 114 Å². The molecule has 0 saturated carbocycles. The van der Waals surface area contributed by atoms with Gasteiger partial charge in [0.1, 0.15) is 0 Å². The Balaban J connectivity index is 2.05. The normalized spacial score (nSPS) is 16.3. The quantitative estimate of drug-likeness (QED) is 0.840. The van der Waals surface area contributed by atoms with Crippen molar-refractivity contribution in [2.24, 2.45) is 0 Å². The van der Waals surface area contributed by atoms with Crippen molar-refractivity contribution in [3.05, 3.63) is 35.4 Å². The lowest BCUT2D eigenvalue weighted by Gasteiger charge is -2.31. The van der Waals surface area contributed by atoms with Crippen LogP contribution in [-0.4, -0.2) is 50.2 Å². The van der Waals surface area contributed by atoms with Gasteiger partial charge in [-0.05, 0) is 24.6 Å². The van der Waals surface area contributed by atoms with E-state index in [-0.39, 0.29) is 11.9 Å². The standard InChI is InChI=1S/C15H22N2O2/c1-3-16-13(11-19-2)10-17-9-8-12-6-4-5-7-14(12)15(17)18/h4-7,13,16H,3,8-11H2,1-2H3. The topological polar surface area (TPSA) is 41.6 Å². The molecule has 1 N–H and O–H groups in total. The Morgan fingerprint density at radius 3 is 2.95 bits per heavy atom. The zero-order valence-corrected chi connectivity index (χ0v) is 11.7. The van der Waals surface area contributed by atoms with Gasteiger partial charge in [0, 0.05) is 31.8 Å². The Bertz CT molecular complexity index is 428. The van der Waals surface area contributed by atoms with Gasteiger partial charge in [0.15, 0.2) is 0 Å². The lowest BCUT2D eigenvalue weighted by molar-refractivity contribution is 0.0687. The SMILES string of the molecule is CCNC(COC)CN1CCc2ccccc2C1=O. The van der Waals surface area contributed by atoms with Gasteiger partial charge in [-0.2, -0.15) is 0 Å². The van der Waals surface area contributed by atoms with E-state index in [0.717, 1.165) is 30.6 Å². The van der Waals surface area contributed by atoms with Gasteiger partial charge in [0.05, 0.1) is 6.61 Å². The van der Waals surface area contributed by atoms with E-state index in [1.807, 2.05) is 29.2 Å². The smallest absolute Gasteiger partial charge is 0.254 e. The van der Waals surface area contributed by atoms with Gasteiger partial charge in [-0.1, -0.05) is 25.1 Å². The highest BCUT2D eigenvalue weighted by Crippen LogP contribution is 2.18. The lowest BCUT2D eigenvalue weighted by Crippen LogP contribution is -2.48. The fourth-order valence-electron chi connectivity index (χ4n) is 2.58. The maximum absolute atomic E-state index is 12.4. The number of hydrogen-bond donors (Lipinski definition) is 1. The van der Waals surface area contributed by atoms with Crippen molar-refractivity contribution in [3.63, 3.8) is 0 Å². The average molecular weight is 262 g/mol. The fourth-order valence-corrected chi connectivity index (χ4v) is 2.58. The molecule has 0 spiro atoms. The highest BCUT2D eigenvalue weighted by molar-refractivity contribution is 5.96. The molecule has 0 aromatic heterocycles. The number of ether oxygens (including phenoxy) is 1. The van der Waals surface area contributed by atoms with Crippen LogP contribution in [0.1, 0.15) is 22.8 Å². The van der Waals surface area contributed by atoms with E-state index >= 15 is 0 Å². The van der Waals surface area contributed by atoms with Crippen molar-refractivity contribution in [1.82, 2.24) is 10.2 Å². The molecule has 1 amide bonds. The Kier molecular flexibility index (Phi) is 4.93. The Morgan fingerprint density at radius 2 is 2.21 bits per heavy atom. The number of methoxy groups -OCH3 is 1. The maximum atomic E-state index is 12.4. The minimum Gasteiger partial charge on any atom is -0.383 e. The van der Waals surface area contributed by atoms with Gasteiger partial charge in [-0.3, -0.25) is 4.79 Å². The molecule has 1 aliphatic rings. The second-order valence-corrected chi connectivity index (χ2v) is 4.87. The fraction of sp³-hybridized carbons (Fsp3) is 0.533. The van der Waals surface area contributed by atoms with Crippen molar-refractivity contribution < 1.29 is 9.53 Å². The number of benzene rings is 1. The minimum absolute atomic E-state index is 0.140. The molecule has 2 rings (SSSR count). The summed E-state index contributed by atoms with van der Waals surface area (Å²) in [6.07, 6.45) is 0.938. The van der Waals surface area contributed by atoms with E-state index in [4.69, 9.17) is 4.74 Å². The van der Waals surface area contributed by atoms with Crippen LogP contribution < -0.4 is 5.32 Å². The zero-order chi connectivity index (χ0) is 13.7. The first-order chi connectivity index (χ1) is 9.26. The Hall–Kier alpha value is -1.39. The molecule has 19 heavy (non-hydrogen) atoms. The highest BCUT2D eigenvalue weighted by Gasteiger charge is 2.25. The summed E-state index contributed by atoms with van der Waals surface area (Å²) >= 11 is 0. The van der Waals surface area contributed by atoms with E-state index < -0.39 is 0 Å². The van der Waals surface area contributed by atoms with Crippen LogP contribution >= 0.6 is 0 Å².